The Hall–Kier alpha value is -1.59. The van der Waals surface area contributed by atoms with Gasteiger partial charge in [-0.3, -0.25) is 0 Å². The summed E-state index contributed by atoms with van der Waals surface area (Å²) in [4.78, 5) is 0. The van der Waals surface area contributed by atoms with Gasteiger partial charge in [0, 0.05) is 0 Å². The molecule has 0 saturated heterocycles. The van der Waals surface area contributed by atoms with Crippen LogP contribution < -0.4 is 4.74 Å². The van der Waals surface area contributed by atoms with Gasteiger partial charge in [-0.25, -0.2) is 8.78 Å². The molecule has 1 nitrogen and oxygen atoms in total. The predicted molar refractivity (Wildman–Crippen MR) is 90.9 cm³/mol. The highest BCUT2D eigenvalue weighted by Gasteiger charge is 2.34. The highest BCUT2D eigenvalue weighted by Crippen LogP contribution is 2.34. The van der Waals surface area contributed by atoms with Crippen LogP contribution in [0.2, 0.25) is 0 Å². The Bertz CT molecular complexity index is 578. The van der Waals surface area contributed by atoms with E-state index in [9.17, 15) is 22.0 Å². The summed E-state index contributed by atoms with van der Waals surface area (Å²) in [6, 6.07) is 1.87. The molecule has 26 heavy (non-hydrogen) atoms. The second-order valence-electron chi connectivity index (χ2n) is 6.97. The van der Waals surface area contributed by atoms with Crippen molar-refractivity contribution in [2.24, 2.45) is 11.8 Å². The van der Waals surface area contributed by atoms with Gasteiger partial charge in [0.2, 0.25) is 5.75 Å². The first-order valence-corrected chi connectivity index (χ1v) is 9.18. The summed E-state index contributed by atoms with van der Waals surface area (Å²) in [6.45, 7) is 2.15. The van der Waals surface area contributed by atoms with E-state index in [1.165, 1.54) is 0 Å². The zero-order chi connectivity index (χ0) is 19.2. The van der Waals surface area contributed by atoms with Gasteiger partial charge in [-0.1, -0.05) is 25.5 Å². The van der Waals surface area contributed by atoms with E-state index in [0.717, 1.165) is 57.1 Å². The van der Waals surface area contributed by atoms with Crippen molar-refractivity contribution in [1.82, 2.24) is 0 Å². The molecule has 0 amide bonds. The summed E-state index contributed by atoms with van der Waals surface area (Å²) in [5, 5.41) is 0. The minimum absolute atomic E-state index is 0.361. The highest BCUT2D eigenvalue weighted by molar-refractivity contribution is 5.31. The lowest BCUT2D eigenvalue weighted by molar-refractivity contribution is -0.276. The number of ether oxygens (including phenoxy) is 1. The number of hydrogen-bond donors (Lipinski definition) is 0. The van der Waals surface area contributed by atoms with E-state index in [2.05, 4.69) is 23.8 Å². The lowest BCUT2D eigenvalue weighted by atomic mass is 9.79. The van der Waals surface area contributed by atoms with Crippen molar-refractivity contribution in [3.05, 3.63) is 41.5 Å². The average molecular weight is 376 g/mol. The molecule has 1 aromatic rings. The van der Waals surface area contributed by atoms with E-state index in [0.29, 0.717) is 23.8 Å². The Balaban J connectivity index is 1.85. The normalized spacial score (nSPS) is 21.3. The summed E-state index contributed by atoms with van der Waals surface area (Å²) in [5.74, 6) is -2.92. The SMILES string of the molecule is CCCC=CC1CCC(CCc2cc(F)c(OC(F)(F)F)c(F)c2)CC1. The van der Waals surface area contributed by atoms with Gasteiger partial charge in [-0.15, -0.1) is 13.2 Å². The van der Waals surface area contributed by atoms with Gasteiger partial charge >= 0.3 is 6.36 Å². The zero-order valence-corrected chi connectivity index (χ0v) is 14.9. The first-order valence-electron chi connectivity index (χ1n) is 9.18. The lowest BCUT2D eigenvalue weighted by Crippen LogP contribution is -2.19. The molecular weight excluding hydrogens is 351 g/mol. The molecule has 1 aromatic carbocycles. The van der Waals surface area contributed by atoms with E-state index in [-0.39, 0.29) is 0 Å². The Morgan fingerprint density at radius 1 is 1.08 bits per heavy atom. The molecule has 1 fully saturated rings. The Kier molecular flexibility index (Phi) is 7.47. The van der Waals surface area contributed by atoms with Crippen LogP contribution in [0.4, 0.5) is 22.0 Å². The van der Waals surface area contributed by atoms with Crippen molar-refractivity contribution in [1.29, 1.82) is 0 Å². The number of rotatable bonds is 7. The van der Waals surface area contributed by atoms with E-state index in [1.54, 1.807) is 0 Å². The van der Waals surface area contributed by atoms with E-state index < -0.39 is 23.7 Å². The number of allylic oxidation sites excluding steroid dienone is 2. The fraction of sp³-hybridized carbons (Fsp3) is 0.600. The molecule has 0 aromatic heterocycles. The Labute approximate surface area is 151 Å². The molecule has 1 saturated carbocycles. The topological polar surface area (TPSA) is 9.23 Å². The molecule has 0 radical (unpaired) electrons. The number of aryl methyl sites for hydroxylation is 1. The minimum Gasteiger partial charge on any atom is -0.399 e. The van der Waals surface area contributed by atoms with Crippen molar-refractivity contribution < 1.29 is 26.7 Å². The Morgan fingerprint density at radius 3 is 2.23 bits per heavy atom. The summed E-state index contributed by atoms with van der Waals surface area (Å²) in [5.41, 5.74) is 0.361. The quantitative estimate of drug-likeness (QED) is 0.369. The number of hydrogen-bond acceptors (Lipinski definition) is 1. The van der Waals surface area contributed by atoms with E-state index in [1.807, 2.05) is 0 Å². The third kappa shape index (κ3) is 6.61. The number of halogens is 5. The van der Waals surface area contributed by atoms with Gasteiger partial charge in [-0.2, -0.15) is 0 Å². The van der Waals surface area contributed by atoms with E-state index in [4.69, 9.17) is 0 Å². The van der Waals surface area contributed by atoms with Gasteiger partial charge in [-0.05, 0) is 74.5 Å². The number of alkyl halides is 3. The molecule has 0 aliphatic heterocycles. The van der Waals surface area contributed by atoms with Crippen LogP contribution in [0.1, 0.15) is 57.4 Å². The molecule has 0 heterocycles. The second kappa shape index (κ2) is 9.38. The molecule has 1 aliphatic rings. The predicted octanol–water partition coefficient (Wildman–Crippen LogP) is 6.96. The maximum absolute atomic E-state index is 13.7. The maximum Gasteiger partial charge on any atom is 0.573 e. The smallest absolute Gasteiger partial charge is 0.399 e. The zero-order valence-electron chi connectivity index (χ0n) is 14.9. The summed E-state index contributed by atoms with van der Waals surface area (Å²) < 4.78 is 67.4. The van der Waals surface area contributed by atoms with E-state index >= 15 is 0 Å². The fourth-order valence-corrected chi connectivity index (χ4v) is 3.47. The highest BCUT2D eigenvalue weighted by atomic mass is 19.4. The lowest BCUT2D eigenvalue weighted by Gasteiger charge is -2.26. The summed E-state index contributed by atoms with van der Waals surface area (Å²) >= 11 is 0. The molecule has 0 atom stereocenters. The van der Waals surface area contributed by atoms with Crippen molar-refractivity contribution in [2.45, 2.75) is 64.7 Å². The first kappa shape index (κ1) is 20.7. The van der Waals surface area contributed by atoms with Gasteiger partial charge in [0.25, 0.3) is 0 Å². The molecule has 2 rings (SSSR count). The van der Waals surface area contributed by atoms with Gasteiger partial charge < -0.3 is 4.74 Å². The third-order valence-electron chi connectivity index (χ3n) is 4.87. The molecule has 0 unspecified atom stereocenters. The summed E-state index contributed by atoms with van der Waals surface area (Å²) in [6.07, 6.45) is 7.26. The Morgan fingerprint density at radius 2 is 1.69 bits per heavy atom. The van der Waals surface area contributed by atoms with Crippen LogP contribution in [0.5, 0.6) is 5.75 Å². The number of unbranched alkanes of at least 4 members (excludes halogenated alkanes) is 1. The van der Waals surface area contributed by atoms with Crippen LogP contribution in [0.15, 0.2) is 24.3 Å². The second-order valence-corrected chi connectivity index (χ2v) is 6.97. The third-order valence-corrected chi connectivity index (χ3v) is 4.87. The number of benzene rings is 1. The average Bonchev–Trinajstić information content (AvgIpc) is 2.57. The molecule has 0 bridgehead atoms. The summed E-state index contributed by atoms with van der Waals surface area (Å²) in [7, 11) is 0. The fourth-order valence-electron chi connectivity index (χ4n) is 3.47. The standard InChI is InChI=1S/C20H25F5O/c1-2-3-4-5-14-6-8-15(9-7-14)10-11-16-12-17(21)19(18(22)13-16)26-20(23,24)25/h4-5,12-15H,2-3,6-11H2,1H3. The minimum atomic E-state index is -5.12. The first-order chi connectivity index (χ1) is 12.3. The molecule has 0 N–H and O–H groups in total. The monoisotopic (exact) mass is 376 g/mol. The molecule has 1 aliphatic carbocycles. The molecule has 146 valence electrons. The van der Waals surface area contributed by atoms with Crippen LogP contribution in [-0.4, -0.2) is 6.36 Å². The molecule has 6 heteroatoms. The van der Waals surface area contributed by atoms with Crippen LogP contribution >= 0.6 is 0 Å². The largest absolute Gasteiger partial charge is 0.573 e. The van der Waals surface area contributed by atoms with Crippen molar-refractivity contribution in [3.63, 3.8) is 0 Å². The van der Waals surface area contributed by atoms with Crippen LogP contribution in [0, 0.1) is 23.5 Å². The van der Waals surface area contributed by atoms with Gasteiger partial charge in [0.05, 0.1) is 0 Å². The van der Waals surface area contributed by atoms with Crippen molar-refractivity contribution in [2.75, 3.05) is 0 Å². The van der Waals surface area contributed by atoms with Gasteiger partial charge in [0.15, 0.2) is 11.6 Å². The maximum atomic E-state index is 13.7. The van der Waals surface area contributed by atoms with Crippen molar-refractivity contribution in [3.8, 4) is 5.75 Å². The van der Waals surface area contributed by atoms with Gasteiger partial charge in [0.1, 0.15) is 0 Å². The van der Waals surface area contributed by atoms with Crippen LogP contribution in [0.25, 0.3) is 0 Å². The van der Waals surface area contributed by atoms with Crippen LogP contribution in [-0.2, 0) is 6.42 Å². The van der Waals surface area contributed by atoms with Crippen LogP contribution in [0.3, 0.4) is 0 Å². The molecular formula is C20H25F5O. The molecule has 0 spiro atoms. The van der Waals surface area contributed by atoms with Crippen molar-refractivity contribution >= 4 is 0 Å².